The number of anilines is 6. The van der Waals surface area contributed by atoms with Gasteiger partial charge in [-0.05, 0) is 130 Å². The van der Waals surface area contributed by atoms with E-state index in [1.807, 2.05) is 22.7 Å². The zero-order valence-electron chi connectivity index (χ0n) is 52.0. The molecule has 438 valence electrons. The molecule has 0 fully saturated rings. The maximum Gasteiger partial charge on any atom is 0.0641 e. The molecule has 92 heavy (non-hydrogen) atoms. The predicted octanol–water partition coefficient (Wildman–Crippen LogP) is 25.6. The SMILES string of the molecule is CC(C)(C)c1ccc2c(c1)c1c(N(c3ccc4c(c3)sc3ccccc34)c3ccccc3-c3ccccc3)ccc3c4cc5c(cc4n2c31)c1ccc(N(c2ccc3c(c2)sc2ccccc23)c2ccccc2-c2ccccc2)c2c3cc(C(C)(C)C)ccc3n5c12. The van der Waals surface area contributed by atoms with Crippen LogP contribution in [0.2, 0.25) is 0 Å². The number of fused-ring (bicyclic) bond motifs is 18. The van der Waals surface area contributed by atoms with Gasteiger partial charge in [-0.1, -0.05) is 211 Å². The second-order valence-electron chi connectivity index (χ2n) is 27.2. The molecule has 0 bridgehead atoms. The summed E-state index contributed by atoms with van der Waals surface area (Å²) in [7, 11) is 0. The molecule has 0 aliphatic carbocycles. The molecule has 0 unspecified atom stereocenters. The summed E-state index contributed by atoms with van der Waals surface area (Å²) in [6.07, 6.45) is 0. The fourth-order valence-corrected chi connectivity index (χ4v) is 17.7. The van der Waals surface area contributed by atoms with E-state index in [-0.39, 0.29) is 10.8 Å². The fourth-order valence-electron chi connectivity index (χ4n) is 15.5. The van der Waals surface area contributed by atoms with Crippen molar-refractivity contribution < 1.29 is 0 Å². The minimum atomic E-state index is -0.0823. The lowest BCUT2D eigenvalue weighted by Gasteiger charge is -2.29. The molecule has 0 amide bonds. The van der Waals surface area contributed by atoms with Crippen LogP contribution in [0.3, 0.4) is 0 Å². The topological polar surface area (TPSA) is 15.3 Å². The molecular weight excluding hydrogens is 1150 g/mol. The Labute approximate surface area is 541 Å². The lowest BCUT2D eigenvalue weighted by atomic mass is 9.86. The molecule has 0 aliphatic heterocycles. The Kier molecular flexibility index (Phi) is 11.3. The normalized spacial score (nSPS) is 12.7. The Hall–Kier alpha value is -10.5. The Bertz CT molecular complexity index is 5840. The van der Waals surface area contributed by atoms with Gasteiger partial charge in [-0.25, -0.2) is 0 Å². The summed E-state index contributed by atoms with van der Waals surface area (Å²) >= 11 is 3.75. The zero-order chi connectivity index (χ0) is 61.5. The van der Waals surface area contributed by atoms with E-state index in [9.17, 15) is 0 Å². The third-order valence-electron chi connectivity index (χ3n) is 19.9. The van der Waals surface area contributed by atoms with Crippen LogP contribution >= 0.6 is 22.7 Å². The molecular formula is C86H62N4S2. The average molecular weight is 1220 g/mol. The molecule has 6 heterocycles. The lowest BCUT2D eigenvalue weighted by molar-refractivity contribution is 0.591. The molecule has 0 saturated carbocycles. The van der Waals surface area contributed by atoms with Crippen molar-refractivity contribution in [2.45, 2.75) is 52.4 Å². The highest BCUT2D eigenvalue weighted by Crippen LogP contribution is 2.55. The second-order valence-corrected chi connectivity index (χ2v) is 29.4. The molecule has 6 heteroatoms. The standard InChI is InChI=1S/C86H62N4S2/c1-85(2,3)53-33-41-71-67(45-53)81-73(87(69-29-17-13-25-57(69)51-21-9-7-10-22-51)55-35-37-61-59-27-15-19-31-77(59)91-79(61)47-55)43-39-63-65-50-76-66(49-75(65)89(71)83(63)81)64-40-44-74(82-68-46-54(86(4,5)6)34-42-72(68)90(76)84(64)82)88(70-30-18-14-26-58(70)52-23-11-8-12-24-52)56-36-38-62-60-28-16-20-32-78(60)92-80(62)48-56/h7-50H,1-6H3. The number of hydrogen-bond acceptors (Lipinski definition) is 4. The van der Waals surface area contributed by atoms with Crippen LogP contribution in [0.4, 0.5) is 34.1 Å². The van der Waals surface area contributed by atoms with Crippen molar-refractivity contribution in [3.63, 3.8) is 0 Å². The van der Waals surface area contributed by atoms with E-state index in [0.717, 1.165) is 34.1 Å². The molecule has 0 atom stereocenters. The summed E-state index contributed by atoms with van der Waals surface area (Å²) in [5.74, 6) is 0. The van der Waals surface area contributed by atoms with Gasteiger partial charge in [-0.3, -0.25) is 0 Å². The molecule has 0 N–H and O–H groups in total. The molecule has 0 radical (unpaired) electrons. The van der Waals surface area contributed by atoms with Gasteiger partial charge in [0.2, 0.25) is 0 Å². The van der Waals surface area contributed by atoms with Crippen LogP contribution in [0.25, 0.3) is 139 Å². The van der Waals surface area contributed by atoms with Crippen molar-refractivity contribution in [3.8, 4) is 22.3 Å². The highest BCUT2D eigenvalue weighted by atomic mass is 32.1. The first-order valence-electron chi connectivity index (χ1n) is 32.1. The van der Waals surface area contributed by atoms with E-state index in [1.54, 1.807) is 0 Å². The number of hydrogen-bond donors (Lipinski definition) is 0. The van der Waals surface area contributed by atoms with Gasteiger partial charge in [-0.2, -0.15) is 0 Å². The first-order valence-corrected chi connectivity index (χ1v) is 33.7. The van der Waals surface area contributed by atoms with E-state index < -0.39 is 0 Å². The predicted molar refractivity (Wildman–Crippen MR) is 399 cm³/mol. The van der Waals surface area contributed by atoms with E-state index >= 15 is 0 Å². The summed E-state index contributed by atoms with van der Waals surface area (Å²) in [5, 5.41) is 15.1. The van der Waals surface area contributed by atoms with Crippen molar-refractivity contribution in [3.05, 3.63) is 278 Å². The van der Waals surface area contributed by atoms with E-state index in [2.05, 4.69) is 327 Å². The summed E-state index contributed by atoms with van der Waals surface area (Å²) in [6, 6.07) is 101. The maximum absolute atomic E-state index is 2.61. The average Bonchev–Trinajstić information content (AvgIpc) is 1.51. The van der Waals surface area contributed by atoms with Crippen molar-refractivity contribution in [2.24, 2.45) is 0 Å². The molecule has 6 aromatic heterocycles. The minimum absolute atomic E-state index is 0.0823. The van der Waals surface area contributed by atoms with Gasteiger partial charge in [0.05, 0.1) is 55.8 Å². The molecule has 0 aliphatic rings. The largest absolute Gasteiger partial charge is 0.309 e. The number of rotatable bonds is 8. The zero-order valence-corrected chi connectivity index (χ0v) is 53.6. The van der Waals surface area contributed by atoms with Gasteiger partial charge >= 0.3 is 0 Å². The van der Waals surface area contributed by atoms with E-state index in [1.165, 1.54) is 150 Å². The summed E-state index contributed by atoms with van der Waals surface area (Å²) < 4.78 is 10.4. The lowest BCUT2D eigenvalue weighted by Crippen LogP contribution is -2.12. The fraction of sp³-hybridized carbons (Fsp3) is 0.0930. The van der Waals surface area contributed by atoms with Gasteiger partial charge < -0.3 is 18.6 Å². The number of thiophene rings is 2. The molecule has 0 spiro atoms. The van der Waals surface area contributed by atoms with Crippen LogP contribution < -0.4 is 9.80 Å². The summed E-state index contributed by atoms with van der Waals surface area (Å²) in [6.45, 7) is 14.0. The van der Waals surface area contributed by atoms with Gasteiger partial charge in [0.1, 0.15) is 0 Å². The first kappa shape index (κ1) is 53.3. The Balaban J connectivity index is 0.906. The highest BCUT2D eigenvalue weighted by Gasteiger charge is 2.31. The van der Waals surface area contributed by atoms with E-state index in [0.29, 0.717) is 0 Å². The Morgan fingerprint density at radius 1 is 0.272 bits per heavy atom. The van der Waals surface area contributed by atoms with Crippen molar-refractivity contribution in [2.75, 3.05) is 9.80 Å². The van der Waals surface area contributed by atoms with Gasteiger partial charge in [0.15, 0.2) is 0 Å². The Morgan fingerprint density at radius 3 is 1.09 bits per heavy atom. The van der Waals surface area contributed by atoms with Gasteiger partial charge in [0, 0.05) is 106 Å². The summed E-state index contributed by atoms with van der Waals surface area (Å²) in [5.41, 5.74) is 21.3. The van der Waals surface area contributed by atoms with Crippen molar-refractivity contribution in [1.82, 2.24) is 8.80 Å². The molecule has 4 nitrogen and oxygen atoms in total. The van der Waals surface area contributed by atoms with Gasteiger partial charge in [0.25, 0.3) is 0 Å². The number of nitrogens with zero attached hydrogens (tertiary/aromatic N) is 4. The van der Waals surface area contributed by atoms with Crippen molar-refractivity contribution >= 4 is 173 Å². The number of para-hydroxylation sites is 2. The van der Waals surface area contributed by atoms with Crippen LogP contribution in [0, 0.1) is 0 Å². The summed E-state index contributed by atoms with van der Waals surface area (Å²) in [4.78, 5) is 5.12. The third-order valence-corrected chi connectivity index (χ3v) is 22.1. The van der Waals surface area contributed by atoms with Crippen LogP contribution in [0.5, 0.6) is 0 Å². The first-order chi connectivity index (χ1) is 44.9. The van der Waals surface area contributed by atoms with E-state index in [4.69, 9.17) is 0 Å². The van der Waals surface area contributed by atoms with Crippen LogP contribution in [-0.2, 0) is 10.8 Å². The van der Waals surface area contributed by atoms with Crippen LogP contribution in [0.15, 0.2) is 267 Å². The third kappa shape index (κ3) is 7.75. The second kappa shape index (κ2) is 19.5. The van der Waals surface area contributed by atoms with Crippen molar-refractivity contribution in [1.29, 1.82) is 0 Å². The molecule has 0 saturated heterocycles. The monoisotopic (exact) mass is 1210 g/mol. The van der Waals surface area contributed by atoms with Crippen LogP contribution in [0.1, 0.15) is 52.7 Å². The minimum Gasteiger partial charge on any atom is -0.309 e. The molecule has 19 rings (SSSR count). The molecule has 19 aromatic rings. The molecule has 13 aromatic carbocycles. The quantitative estimate of drug-likeness (QED) is 0.151. The number of aromatic nitrogens is 2. The smallest absolute Gasteiger partial charge is 0.0641 e. The van der Waals surface area contributed by atoms with Crippen LogP contribution in [-0.4, -0.2) is 8.80 Å². The number of benzene rings is 13. The maximum atomic E-state index is 2.61. The Morgan fingerprint density at radius 2 is 0.652 bits per heavy atom. The highest BCUT2D eigenvalue weighted by molar-refractivity contribution is 7.26. The van der Waals surface area contributed by atoms with Gasteiger partial charge in [-0.15, -0.1) is 22.7 Å².